The number of nitrogens with one attached hydrogen (secondary N) is 2. The van der Waals surface area contributed by atoms with Crippen LogP contribution in [0, 0.1) is 0 Å². The third-order valence-electron chi connectivity index (χ3n) is 4.69. The molecule has 2 aromatic heterocycles. The molecule has 0 spiro atoms. The lowest BCUT2D eigenvalue weighted by Crippen LogP contribution is -2.14. The number of rotatable bonds is 12. The van der Waals surface area contributed by atoms with Gasteiger partial charge >= 0.3 is 0 Å². The third kappa shape index (κ3) is 8.42. The lowest BCUT2D eigenvalue weighted by molar-refractivity contribution is -0.114. The lowest BCUT2D eigenvalue weighted by Gasteiger charge is -2.09. The van der Waals surface area contributed by atoms with Crippen LogP contribution in [0.25, 0.3) is 0 Å². The Morgan fingerprint density at radius 1 is 0.718 bits per heavy atom. The lowest BCUT2D eigenvalue weighted by atomic mass is 10.3. The number of carbonyl (C=O) groups is 2. The van der Waals surface area contributed by atoms with Crippen molar-refractivity contribution >= 4 is 103 Å². The zero-order valence-electron chi connectivity index (χ0n) is 20.3. The molecule has 4 rings (SSSR count). The quantitative estimate of drug-likeness (QED) is 0.195. The highest BCUT2D eigenvalue weighted by molar-refractivity contribution is 8.02. The second kappa shape index (κ2) is 14.0. The van der Waals surface area contributed by atoms with E-state index >= 15 is 0 Å². The fourth-order valence-electron chi connectivity index (χ4n) is 2.90. The molecule has 0 atom stereocenters. The molecule has 0 unspecified atom stereocenters. The van der Waals surface area contributed by atoms with Crippen LogP contribution in [0.4, 0.5) is 11.4 Å². The number of sulfone groups is 1. The molecule has 0 aliphatic rings. The van der Waals surface area contributed by atoms with E-state index in [1.165, 1.54) is 94.4 Å². The van der Waals surface area contributed by atoms with Gasteiger partial charge in [0.05, 0.1) is 21.3 Å². The summed E-state index contributed by atoms with van der Waals surface area (Å²) in [6, 6.07) is 11.9. The first-order valence-electron chi connectivity index (χ1n) is 10.8. The van der Waals surface area contributed by atoms with E-state index in [1.54, 1.807) is 24.3 Å². The van der Waals surface area contributed by atoms with Crippen LogP contribution in [-0.2, 0) is 19.4 Å². The summed E-state index contributed by atoms with van der Waals surface area (Å²) in [5.74, 6) is -0.154. The topological polar surface area (TPSA) is 144 Å². The van der Waals surface area contributed by atoms with E-state index in [2.05, 4.69) is 29.3 Å². The summed E-state index contributed by atoms with van der Waals surface area (Å²) in [6.07, 6.45) is 3.77. The zero-order valence-corrected chi connectivity index (χ0v) is 26.0. The largest absolute Gasteiger partial charge is 0.325 e. The first kappa shape index (κ1) is 29.8. The van der Waals surface area contributed by atoms with Crippen LogP contribution in [0.2, 0.25) is 0 Å². The second-order valence-electron chi connectivity index (χ2n) is 7.32. The Balaban J connectivity index is 1.29. The number of anilines is 2. The highest BCUT2D eigenvalue weighted by Gasteiger charge is 2.18. The van der Waals surface area contributed by atoms with Gasteiger partial charge in [-0.05, 0) is 84.1 Å². The molecule has 0 saturated carbocycles. The van der Waals surface area contributed by atoms with Crippen molar-refractivity contribution in [1.82, 2.24) is 18.7 Å². The fourth-order valence-corrected chi connectivity index (χ4v) is 8.18. The van der Waals surface area contributed by atoms with Gasteiger partial charge in [-0.25, -0.2) is 18.4 Å². The van der Waals surface area contributed by atoms with E-state index in [4.69, 9.17) is 0 Å². The summed E-state index contributed by atoms with van der Waals surface area (Å²) >= 11 is 7.93. The molecule has 0 aliphatic carbocycles. The Morgan fingerprint density at radius 3 is 1.44 bits per heavy atom. The summed E-state index contributed by atoms with van der Waals surface area (Å²) in [4.78, 5) is 33.3. The number of thioether (sulfide) groups is 4. The van der Waals surface area contributed by atoms with Crippen molar-refractivity contribution in [1.29, 1.82) is 0 Å². The second-order valence-corrected chi connectivity index (χ2v) is 14.8. The van der Waals surface area contributed by atoms with E-state index < -0.39 is 9.84 Å². The van der Waals surface area contributed by atoms with Crippen LogP contribution < -0.4 is 10.6 Å². The van der Waals surface area contributed by atoms with E-state index in [9.17, 15) is 18.0 Å². The Hall–Kier alpha value is -2.15. The minimum absolute atomic E-state index is 0.0863. The minimum Gasteiger partial charge on any atom is -0.325 e. The Kier molecular flexibility index (Phi) is 10.7. The van der Waals surface area contributed by atoms with Crippen molar-refractivity contribution < 1.29 is 18.0 Å². The van der Waals surface area contributed by atoms with Crippen LogP contribution in [0.15, 0.2) is 77.3 Å². The standard InChI is InChI=1S/C22H20N6O4S7/c1-33-19-25-21(37-27-19)35-11-17(29)23-13-3-7-15(8-4-13)39(31,32)16-9-5-14(6-10-16)24-18(30)12-36-22-26-20(34-2)28-38-22/h3-10H,11-12H2,1-2H3,(H,23,29)(H,24,30). The van der Waals surface area contributed by atoms with Gasteiger partial charge in [-0.2, -0.15) is 8.75 Å². The van der Waals surface area contributed by atoms with Crippen molar-refractivity contribution in [3.05, 3.63) is 48.5 Å². The first-order valence-corrected chi connectivity index (χ1v) is 18.3. The van der Waals surface area contributed by atoms with Crippen LogP contribution in [0.1, 0.15) is 0 Å². The van der Waals surface area contributed by atoms with Crippen LogP contribution in [0.5, 0.6) is 0 Å². The number of nitrogens with zero attached hydrogens (tertiary/aromatic N) is 4. The van der Waals surface area contributed by atoms with Gasteiger partial charge in [-0.3, -0.25) is 9.59 Å². The molecule has 204 valence electrons. The van der Waals surface area contributed by atoms with Gasteiger partial charge in [0.1, 0.15) is 0 Å². The molecule has 0 saturated heterocycles. The van der Waals surface area contributed by atoms with Crippen molar-refractivity contribution in [3.8, 4) is 0 Å². The van der Waals surface area contributed by atoms with Gasteiger partial charge < -0.3 is 10.6 Å². The van der Waals surface area contributed by atoms with Gasteiger partial charge in [-0.15, -0.1) is 0 Å². The number of aromatic nitrogens is 4. The van der Waals surface area contributed by atoms with E-state index in [-0.39, 0.29) is 33.1 Å². The number of benzene rings is 2. The van der Waals surface area contributed by atoms with Gasteiger partial charge in [0.15, 0.2) is 8.68 Å². The molecular weight excluding hydrogens is 637 g/mol. The number of hydrogen-bond acceptors (Lipinski definition) is 14. The maximum Gasteiger partial charge on any atom is 0.234 e. The molecule has 2 aromatic carbocycles. The molecule has 0 fully saturated rings. The maximum absolute atomic E-state index is 13.1. The Bertz CT molecular complexity index is 1430. The summed E-state index contributed by atoms with van der Waals surface area (Å²) in [7, 11) is -3.79. The SMILES string of the molecule is CSc1nsc(SCC(=O)Nc2ccc(S(=O)(=O)c3ccc(NC(=O)CSc4nc(SC)ns4)cc3)cc2)n1. The number of carbonyl (C=O) groups excluding carboxylic acids is 2. The summed E-state index contributed by atoms with van der Waals surface area (Å²) in [5.41, 5.74) is 0.964. The summed E-state index contributed by atoms with van der Waals surface area (Å²) < 4.78 is 35.8. The predicted molar refractivity (Wildman–Crippen MR) is 160 cm³/mol. The van der Waals surface area contributed by atoms with E-state index in [1.807, 2.05) is 12.5 Å². The van der Waals surface area contributed by atoms with Crippen molar-refractivity contribution in [3.63, 3.8) is 0 Å². The van der Waals surface area contributed by atoms with Gasteiger partial charge in [0.25, 0.3) is 0 Å². The van der Waals surface area contributed by atoms with Gasteiger partial charge in [-0.1, -0.05) is 47.0 Å². The van der Waals surface area contributed by atoms with Crippen LogP contribution in [0.3, 0.4) is 0 Å². The average molecular weight is 657 g/mol. The average Bonchev–Trinajstić information content (AvgIpc) is 3.61. The highest BCUT2D eigenvalue weighted by atomic mass is 32.2. The highest BCUT2D eigenvalue weighted by Crippen LogP contribution is 2.26. The molecule has 2 heterocycles. The van der Waals surface area contributed by atoms with Crippen molar-refractivity contribution in [2.24, 2.45) is 0 Å². The predicted octanol–water partition coefficient (Wildman–Crippen LogP) is 5.13. The molecule has 0 aliphatic heterocycles. The summed E-state index contributed by atoms with van der Waals surface area (Å²) in [5, 5.41) is 6.84. The minimum atomic E-state index is -3.79. The maximum atomic E-state index is 13.1. The first-order chi connectivity index (χ1) is 18.8. The zero-order chi connectivity index (χ0) is 27.8. The monoisotopic (exact) mass is 656 g/mol. The number of amides is 2. The summed E-state index contributed by atoms with van der Waals surface area (Å²) in [6.45, 7) is 0. The Labute approximate surface area is 250 Å². The van der Waals surface area contributed by atoms with Crippen LogP contribution in [-0.4, -0.2) is 63.0 Å². The fraction of sp³-hybridized carbons (Fsp3) is 0.182. The molecule has 0 radical (unpaired) electrons. The van der Waals surface area contributed by atoms with Crippen molar-refractivity contribution in [2.45, 2.75) is 28.8 Å². The van der Waals surface area contributed by atoms with Crippen LogP contribution >= 0.6 is 70.1 Å². The van der Waals surface area contributed by atoms with Gasteiger partial charge in [0.2, 0.25) is 32.0 Å². The molecule has 10 nitrogen and oxygen atoms in total. The molecule has 17 heteroatoms. The molecule has 39 heavy (non-hydrogen) atoms. The molecule has 2 N–H and O–H groups in total. The van der Waals surface area contributed by atoms with E-state index in [0.717, 1.165) is 0 Å². The molecule has 4 aromatic rings. The van der Waals surface area contributed by atoms with Gasteiger partial charge in [0, 0.05) is 11.4 Å². The normalized spacial score (nSPS) is 11.3. The third-order valence-corrected chi connectivity index (χ3v) is 11.5. The van der Waals surface area contributed by atoms with Crippen molar-refractivity contribution in [2.75, 3.05) is 34.7 Å². The molecule has 0 bridgehead atoms. The smallest absolute Gasteiger partial charge is 0.234 e. The molecule has 2 amide bonds. The number of hydrogen-bond donors (Lipinski definition) is 2. The molecular formula is C22H20N6O4S7. The van der Waals surface area contributed by atoms with E-state index in [0.29, 0.717) is 30.4 Å². The Morgan fingerprint density at radius 2 is 1.10 bits per heavy atom.